The number of amides is 3. The summed E-state index contributed by atoms with van der Waals surface area (Å²) in [6, 6.07) is 4.60. The maximum Gasteiger partial charge on any atom is 0.414 e. The predicted molar refractivity (Wildman–Crippen MR) is 112 cm³/mol. The molecule has 2 heterocycles. The van der Waals surface area contributed by atoms with Gasteiger partial charge in [-0.2, -0.15) is 0 Å². The maximum atomic E-state index is 14.8. The molecular weight excluding hydrogens is 409 g/mol. The van der Waals surface area contributed by atoms with Crippen molar-refractivity contribution in [2.24, 2.45) is 0 Å². The number of hydrogen-bond donors (Lipinski definition) is 2. The average molecular weight is 437 g/mol. The Morgan fingerprint density at radius 1 is 1.26 bits per heavy atom. The molecule has 10 nitrogen and oxygen atoms in total. The van der Waals surface area contributed by atoms with E-state index in [1.807, 2.05) is 4.90 Å². The number of alkyl carbamates (subject to hydrolysis) is 1. The molecule has 0 radical (unpaired) electrons. The maximum absolute atomic E-state index is 14.8. The van der Waals surface area contributed by atoms with Crippen LogP contribution in [0.5, 0.6) is 0 Å². The van der Waals surface area contributed by atoms with Crippen molar-refractivity contribution in [2.45, 2.75) is 13.0 Å². The summed E-state index contributed by atoms with van der Waals surface area (Å²) in [5.41, 5.74) is 0.810. The molecule has 0 bridgehead atoms. The zero-order valence-electron chi connectivity index (χ0n) is 17.7. The van der Waals surface area contributed by atoms with Gasteiger partial charge in [-0.3, -0.25) is 9.69 Å². The largest absolute Gasteiger partial charge is 0.450 e. The normalized spacial score (nSPS) is 18.7. The number of carbonyl (C=O) groups excluding carboxylic acids is 3. The number of likely N-dealkylation sites (N-methyl/N-ethyl adjacent to an activating group) is 1. The fourth-order valence-electron chi connectivity index (χ4n) is 3.60. The van der Waals surface area contributed by atoms with Crippen molar-refractivity contribution in [3.05, 3.63) is 24.0 Å². The molecule has 0 aromatic heterocycles. The van der Waals surface area contributed by atoms with Crippen LogP contribution in [0.25, 0.3) is 0 Å². The molecule has 2 aliphatic rings. The van der Waals surface area contributed by atoms with Crippen molar-refractivity contribution >= 4 is 29.5 Å². The first-order valence-electron chi connectivity index (χ1n) is 10.3. The number of ether oxygens (including phenoxy) is 2. The Labute approximate surface area is 180 Å². The van der Waals surface area contributed by atoms with E-state index in [0.29, 0.717) is 37.6 Å². The van der Waals surface area contributed by atoms with Crippen molar-refractivity contribution in [2.75, 3.05) is 69.3 Å². The number of benzene rings is 1. The monoisotopic (exact) mass is 437 g/mol. The molecule has 1 atom stereocenters. The van der Waals surface area contributed by atoms with Gasteiger partial charge in [-0.15, -0.1) is 0 Å². The van der Waals surface area contributed by atoms with Crippen molar-refractivity contribution < 1.29 is 28.2 Å². The van der Waals surface area contributed by atoms with Gasteiger partial charge >= 0.3 is 12.2 Å². The van der Waals surface area contributed by atoms with Crippen LogP contribution in [0.4, 0.5) is 25.4 Å². The smallest absolute Gasteiger partial charge is 0.414 e. The zero-order valence-corrected chi connectivity index (χ0v) is 17.7. The topological polar surface area (TPSA) is 103 Å². The molecule has 31 heavy (non-hydrogen) atoms. The highest BCUT2D eigenvalue weighted by atomic mass is 19.1. The molecule has 11 heteroatoms. The van der Waals surface area contributed by atoms with E-state index < -0.39 is 24.1 Å². The molecule has 1 unspecified atom stereocenters. The molecule has 1 aromatic rings. The quantitative estimate of drug-likeness (QED) is 0.649. The molecule has 1 aromatic carbocycles. The summed E-state index contributed by atoms with van der Waals surface area (Å²) >= 11 is 0. The van der Waals surface area contributed by atoms with Crippen molar-refractivity contribution in [1.82, 2.24) is 15.5 Å². The van der Waals surface area contributed by atoms with Gasteiger partial charge in [0.15, 0.2) is 0 Å². The van der Waals surface area contributed by atoms with Crippen molar-refractivity contribution in [1.29, 1.82) is 0 Å². The Morgan fingerprint density at radius 2 is 2.00 bits per heavy atom. The fraction of sp³-hybridized carbons (Fsp3) is 0.550. The van der Waals surface area contributed by atoms with E-state index >= 15 is 0 Å². The summed E-state index contributed by atoms with van der Waals surface area (Å²) in [5, 5.41) is 5.36. The van der Waals surface area contributed by atoms with Crippen molar-refractivity contribution in [3.8, 4) is 0 Å². The summed E-state index contributed by atoms with van der Waals surface area (Å²) < 4.78 is 24.9. The van der Waals surface area contributed by atoms with Gasteiger partial charge in [0.05, 0.1) is 37.6 Å². The van der Waals surface area contributed by atoms with Gasteiger partial charge in [0.1, 0.15) is 11.9 Å². The number of hydrogen-bond acceptors (Lipinski definition) is 7. The zero-order chi connectivity index (χ0) is 22.4. The minimum absolute atomic E-state index is 0.0255. The minimum Gasteiger partial charge on any atom is -0.450 e. The van der Waals surface area contributed by atoms with E-state index in [1.54, 1.807) is 31.0 Å². The third-order valence-corrected chi connectivity index (χ3v) is 5.17. The number of carbonyl (C=O) groups is 3. The SMILES string of the molecule is CCOC(=O)NCC1CN(c2ccc(N3CCN(C(=O)CNC)CC3)c(F)c2)C(=O)O1. The van der Waals surface area contributed by atoms with E-state index in [9.17, 15) is 18.8 Å². The van der Waals surface area contributed by atoms with Crippen molar-refractivity contribution in [3.63, 3.8) is 0 Å². The van der Waals surface area contributed by atoms with Crippen LogP contribution in [-0.4, -0.2) is 88.6 Å². The number of halogens is 1. The third kappa shape index (κ3) is 5.54. The molecule has 3 rings (SSSR count). The van der Waals surface area contributed by atoms with Gasteiger partial charge in [0.2, 0.25) is 5.91 Å². The summed E-state index contributed by atoms with van der Waals surface area (Å²) in [4.78, 5) is 40.5. The number of rotatable bonds is 7. The summed E-state index contributed by atoms with van der Waals surface area (Å²) in [7, 11) is 1.72. The van der Waals surface area contributed by atoms with Crippen LogP contribution in [0.15, 0.2) is 18.2 Å². The molecular formula is C20H28FN5O5. The van der Waals surface area contributed by atoms with Gasteiger partial charge in [-0.25, -0.2) is 14.0 Å². The Morgan fingerprint density at radius 3 is 2.65 bits per heavy atom. The Hall–Kier alpha value is -3.08. The van der Waals surface area contributed by atoms with E-state index in [0.717, 1.165) is 0 Å². The Bertz CT molecular complexity index is 815. The number of piperazine rings is 1. The first-order chi connectivity index (χ1) is 14.9. The molecule has 2 fully saturated rings. The van der Waals surface area contributed by atoms with Crippen LogP contribution in [0.1, 0.15) is 6.92 Å². The minimum atomic E-state index is -0.598. The number of anilines is 2. The summed E-state index contributed by atoms with van der Waals surface area (Å²) in [5.74, 6) is -0.425. The van der Waals surface area contributed by atoms with E-state index in [2.05, 4.69) is 10.6 Å². The van der Waals surface area contributed by atoms with E-state index in [4.69, 9.17) is 9.47 Å². The summed E-state index contributed by atoms with van der Waals surface area (Å²) in [6.45, 7) is 4.62. The van der Waals surface area contributed by atoms with Gasteiger partial charge in [0.25, 0.3) is 0 Å². The Kier molecular flexibility index (Phi) is 7.50. The lowest BCUT2D eigenvalue weighted by Crippen LogP contribution is -2.50. The highest BCUT2D eigenvalue weighted by molar-refractivity contribution is 5.90. The number of cyclic esters (lactones) is 1. The van der Waals surface area contributed by atoms with Crippen LogP contribution in [0, 0.1) is 5.82 Å². The lowest BCUT2D eigenvalue weighted by Gasteiger charge is -2.36. The first-order valence-corrected chi connectivity index (χ1v) is 10.3. The molecule has 170 valence electrons. The summed E-state index contributed by atoms with van der Waals surface area (Å²) in [6.07, 6.45) is -1.73. The molecule has 2 N–H and O–H groups in total. The van der Waals surface area contributed by atoms with E-state index in [-0.39, 0.29) is 32.1 Å². The first kappa shape index (κ1) is 22.6. The molecule has 2 saturated heterocycles. The second kappa shape index (κ2) is 10.3. The second-order valence-electron chi connectivity index (χ2n) is 7.25. The van der Waals surface area contributed by atoms with Gasteiger partial charge < -0.3 is 29.9 Å². The van der Waals surface area contributed by atoms with Gasteiger partial charge in [-0.1, -0.05) is 0 Å². The number of nitrogens with zero attached hydrogens (tertiary/aromatic N) is 3. The lowest BCUT2D eigenvalue weighted by atomic mass is 10.2. The molecule has 0 aliphatic carbocycles. The lowest BCUT2D eigenvalue weighted by molar-refractivity contribution is -0.130. The fourth-order valence-corrected chi connectivity index (χ4v) is 3.60. The average Bonchev–Trinajstić information content (AvgIpc) is 3.13. The van der Waals surface area contributed by atoms with Crippen LogP contribution < -0.4 is 20.4 Å². The standard InChI is InChI=1S/C20H28FN5O5/c1-3-30-19(28)23-11-15-13-26(20(29)31-15)14-4-5-17(16(21)10-14)24-6-8-25(9-7-24)18(27)12-22-2/h4-5,10,15,22H,3,6-9,11-13H2,1-2H3,(H,23,28). The highest BCUT2D eigenvalue weighted by Gasteiger charge is 2.33. The molecule has 2 aliphatic heterocycles. The molecule has 3 amide bonds. The van der Waals surface area contributed by atoms with Crippen LogP contribution >= 0.6 is 0 Å². The predicted octanol–water partition coefficient (Wildman–Crippen LogP) is 0.765. The second-order valence-corrected chi connectivity index (χ2v) is 7.25. The third-order valence-electron chi connectivity index (χ3n) is 5.17. The Balaban J connectivity index is 1.58. The number of nitrogens with one attached hydrogen (secondary N) is 2. The molecule has 0 saturated carbocycles. The highest BCUT2D eigenvalue weighted by Crippen LogP contribution is 2.28. The van der Waals surface area contributed by atoms with E-state index in [1.165, 1.54) is 11.0 Å². The van der Waals surface area contributed by atoms with Gasteiger partial charge in [0, 0.05) is 26.2 Å². The van der Waals surface area contributed by atoms with Gasteiger partial charge in [-0.05, 0) is 32.2 Å². The molecule has 0 spiro atoms. The van der Waals surface area contributed by atoms with Crippen LogP contribution in [0.2, 0.25) is 0 Å². The van der Waals surface area contributed by atoms with Crippen LogP contribution in [0.3, 0.4) is 0 Å². The van der Waals surface area contributed by atoms with Crippen LogP contribution in [-0.2, 0) is 14.3 Å².